The summed E-state index contributed by atoms with van der Waals surface area (Å²) in [7, 11) is 1.06. The third kappa shape index (κ3) is 3.94. The highest BCUT2D eigenvalue weighted by atomic mass is 35.5. The van der Waals surface area contributed by atoms with Crippen LogP contribution < -0.4 is 27.8 Å². The second kappa shape index (κ2) is 10.1. The molecular formula is C34H37ClO9Si. The number of ether oxygens (including phenoxy) is 4. The van der Waals surface area contributed by atoms with Gasteiger partial charge in [0.1, 0.15) is 28.5 Å². The standard InChI is InChI=1S/C34H37ClO9Si/c1-32(2,3)45(33(4,5)6)43-19-15-20(40-8)27(41-9)23-22(19)29(44-45)25-24(28(23)42-21(36)16-35)30(37)34(31(25)38)14-13-17-11-10-12-18(39-7)26(17)34/h10-12,15H,13-14,16H2,1-9H3/t34-/m1/s1. The van der Waals surface area contributed by atoms with Gasteiger partial charge in [0.2, 0.25) is 0 Å². The Balaban J connectivity index is 1.82. The van der Waals surface area contributed by atoms with E-state index < -0.39 is 47.5 Å². The van der Waals surface area contributed by atoms with Gasteiger partial charge in [0.25, 0.3) is 0 Å². The zero-order valence-corrected chi connectivity index (χ0v) is 28.7. The van der Waals surface area contributed by atoms with E-state index in [1.807, 2.05) is 12.1 Å². The average Bonchev–Trinajstić information content (AvgIpc) is 3.49. The van der Waals surface area contributed by atoms with Crippen molar-refractivity contribution in [3.05, 3.63) is 46.5 Å². The van der Waals surface area contributed by atoms with Crippen molar-refractivity contribution in [2.24, 2.45) is 0 Å². The predicted octanol–water partition coefficient (Wildman–Crippen LogP) is 7.09. The van der Waals surface area contributed by atoms with Gasteiger partial charge < -0.3 is 27.8 Å². The minimum Gasteiger partial charge on any atom is -0.510 e. The van der Waals surface area contributed by atoms with E-state index in [2.05, 4.69) is 41.5 Å². The highest BCUT2D eigenvalue weighted by molar-refractivity contribution is 6.75. The topological polar surface area (TPSA) is 107 Å². The molecule has 0 aromatic heterocycles. The van der Waals surface area contributed by atoms with Crippen molar-refractivity contribution in [1.29, 1.82) is 0 Å². The number of esters is 1. The summed E-state index contributed by atoms with van der Waals surface area (Å²) < 4.78 is 37.3. The van der Waals surface area contributed by atoms with Crippen molar-refractivity contribution in [3.8, 4) is 34.5 Å². The first-order valence-electron chi connectivity index (χ1n) is 14.8. The molecule has 2 aliphatic carbocycles. The molecule has 1 aliphatic heterocycles. The van der Waals surface area contributed by atoms with E-state index in [1.165, 1.54) is 21.3 Å². The van der Waals surface area contributed by atoms with Crippen molar-refractivity contribution in [2.75, 3.05) is 27.2 Å². The number of carbonyl (C=O) groups is 3. The number of rotatable bonds is 5. The molecule has 0 saturated heterocycles. The molecule has 0 unspecified atom stereocenters. The monoisotopic (exact) mass is 652 g/mol. The minimum atomic E-state index is -3.38. The first-order chi connectivity index (χ1) is 21.1. The Morgan fingerprint density at radius 1 is 0.889 bits per heavy atom. The highest BCUT2D eigenvalue weighted by Gasteiger charge is 2.67. The third-order valence-corrected chi connectivity index (χ3v) is 14.5. The van der Waals surface area contributed by atoms with Crippen LogP contribution in [-0.2, 0) is 16.6 Å². The SMILES string of the molecule is COc1cccc2c1[C@@]1(CC2)C(=O)c2c(c(OC(=O)CCl)c3c(OC)c(OC)cc4c3c2O[Si](C(C)(C)C)(C(C)(C)C)O4)C1=O. The largest absolute Gasteiger partial charge is 0.510 e. The fraction of sp³-hybridized carbons (Fsp3) is 0.441. The lowest BCUT2D eigenvalue weighted by atomic mass is 9.76. The molecular weight excluding hydrogens is 616 g/mol. The summed E-state index contributed by atoms with van der Waals surface area (Å²) in [6.45, 7) is 12.3. The van der Waals surface area contributed by atoms with E-state index in [0.29, 0.717) is 34.6 Å². The number of aryl methyl sites for hydroxylation is 1. The molecule has 3 aliphatic rings. The summed E-state index contributed by atoms with van der Waals surface area (Å²) in [4.78, 5) is 43.0. The van der Waals surface area contributed by atoms with Gasteiger partial charge in [-0.3, -0.25) is 14.4 Å². The van der Waals surface area contributed by atoms with E-state index in [0.717, 1.165) is 5.56 Å². The van der Waals surface area contributed by atoms with Crippen LogP contribution in [0.5, 0.6) is 34.5 Å². The first kappa shape index (κ1) is 31.2. The van der Waals surface area contributed by atoms with E-state index in [4.69, 9.17) is 39.4 Å². The van der Waals surface area contributed by atoms with Gasteiger partial charge in [0.05, 0.1) is 43.2 Å². The van der Waals surface area contributed by atoms with Gasteiger partial charge in [0, 0.05) is 21.7 Å². The summed E-state index contributed by atoms with van der Waals surface area (Å²) in [5.41, 5.74) is -0.224. The second-order valence-electron chi connectivity index (χ2n) is 13.8. The maximum Gasteiger partial charge on any atom is 0.471 e. The fourth-order valence-corrected chi connectivity index (χ4v) is 12.2. The van der Waals surface area contributed by atoms with Gasteiger partial charge in [-0.05, 0) is 24.5 Å². The summed E-state index contributed by atoms with van der Waals surface area (Å²) >= 11 is 5.92. The Bertz CT molecular complexity index is 1800. The third-order valence-electron chi connectivity index (χ3n) is 9.35. The molecule has 1 heterocycles. The smallest absolute Gasteiger partial charge is 0.471 e. The van der Waals surface area contributed by atoms with Crippen LogP contribution in [0.25, 0.3) is 10.8 Å². The number of carbonyl (C=O) groups excluding carboxylic acids is 3. The van der Waals surface area contributed by atoms with Crippen LogP contribution in [0.3, 0.4) is 0 Å². The minimum absolute atomic E-state index is 0.0511. The van der Waals surface area contributed by atoms with Gasteiger partial charge in [0.15, 0.2) is 28.8 Å². The Morgan fingerprint density at radius 3 is 2.11 bits per heavy atom. The van der Waals surface area contributed by atoms with E-state index >= 15 is 9.59 Å². The number of hydrogen-bond acceptors (Lipinski definition) is 9. The highest BCUT2D eigenvalue weighted by Crippen LogP contribution is 2.64. The van der Waals surface area contributed by atoms with E-state index in [9.17, 15) is 4.79 Å². The molecule has 3 aromatic rings. The van der Waals surface area contributed by atoms with Crippen molar-refractivity contribution >= 4 is 48.5 Å². The summed E-state index contributed by atoms with van der Waals surface area (Å²) in [6, 6.07) is 7.20. The van der Waals surface area contributed by atoms with Gasteiger partial charge in [-0.25, -0.2) is 0 Å². The van der Waals surface area contributed by atoms with Crippen LogP contribution in [0, 0.1) is 0 Å². The van der Waals surface area contributed by atoms with Crippen molar-refractivity contribution in [3.63, 3.8) is 0 Å². The molecule has 0 saturated carbocycles. The number of halogens is 1. The van der Waals surface area contributed by atoms with Crippen molar-refractivity contribution in [1.82, 2.24) is 0 Å². The molecule has 9 nitrogen and oxygen atoms in total. The van der Waals surface area contributed by atoms with Crippen LogP contribution >= 0.6 is 11.6 Å². The van der Waals surface area contributed by atoms with E-state index in [1.54, 1.807) is 12.1 Å². The maximum atomic E-state index is 15.1. The summed E-state index contributed by atoms with van der Waals surface area (Å²) in [6.07, 6.45) is 0.706. The maximum absolute atomic E-state index is 15.1. The number of methoxy groups -OCH3 is 3. The van der Waals surface area contributed by atoms with Gasteiger partial charge in [-0.15, -0.1) is 11.6 Å². The molecule has 6 rings (SSSR count). The second-order valence-corrected chi connectivity index (χ2v) is 18.7. The number of fused-ring (bicyclic) bond motifs is 4. The predicted molar refractivity (Wildman–Crippen MR) is 172 cm³/mol. The van der Waals surface area contributed by atoms with Crippen LogP contribution in [0.4, 0.5) is 0 Å². The molecule has 0 N–H and O–H groups in total. The molecule has 1 atom stereocenters. The lowest BCUT2D eigenvalue weighted by Crippen LogP contribution is -2.63. The zero-order chi connectivity index (χ0) is 32.9. The average molecular weight is 653 g/mol. The van der Waals surface area contributed by atoms with Gasteiger partial charge in [-0.2, -0.15) is 0 Å². The van der Waals surface area contributed by atoms with Gasteiger partial charge >= 0.3 is 14.5 Å². The molecule has 0 radical (unpaired) electrons. The lowest BCUT2D eigenvalue weighted by Gasteiger charge is -2.50. The first-order valence-corrected chi connectivity index (χ1v) is 17.2. The Morgan fingerprint density at radius 2 is 1.53 bits per heavy atom. The molecule has 0 fully saturated rings. The number of ketones is 2. The molecule has 0 bridgehead atoms. The Labute approximate surface area is 268 Å². The number of hydrogen-bond donors (Lipinski definition) is 0. The molecule has 45 heavy (non-hydrogen) atoms. The number of benzene rings is 3. The molecule has 238 valence electrons. The Kier molecular flexibility index (Phi) is 7.02. The van der Waals surface area contributed by atoms with Crippen molar-refractivity contribution < 1.29 is 42.2 Å². The zero-order valence-electron chi connectivity index (χ0n) is 27.0. The quantitative estimate of drug-likeness (QED) is 0.0939. The number of alkyl halides is 1. The molecule has 1 spiro atoms. The van der Waals surface area contributed by atoms with Crippen molar-refractivity contribution in [2.45, 2.75) is 69.9 Å². The van der Waals surface area contributed by atoms with Crippen LogP contribution in [0.15, 0.2) is 24.3 Å². The van der Waals surface area contributed by atoms with Gasteiger partial charge in [-0.1, -0.05) is 53.7 Å². The molecule has 0 amide bonds. The molecule has 11 heteroatoms. The molecule has 3 aromatic carbocycles. The Hall–Kier alpha value is -3.76. The fourth-order valence-electron chi connectivity index (χ4n) is 7.68. The number of Topliss-reactive ketones (excluding diaryl/α,β-unsaturated/α-hetero) is 2. The van der Waals surface area contributed by atoms with Crippen LogP contribution in [-0.4, -0.2) is 53.3 Å². The lowest BCUT2D eigenvalue weighted by molar-refractivity contribution is -0.131. The summed E-state index contributed by atoms with van der Waals surface area (Å²) in [5.74, 6) is -0.833. The van der Waals surface area contributed by atoms with Crippen LogP contribution in [0.1, 0.15) is 79.8 Å². The van der Waals surface area contributed by atoms with Crippen LogP contribution in [0.2, 0.25) is 10.1 Å². The summed E-state index contributed by atoms with van der Waals surface area (Å²) in [5, 5.41) is -0.435. The van der Waals surface area contributed by atoms with E-state index in [-0.39, 0.29) is 40.2 Å². The normalized spacial score (nSPS) is 19.6.